The molecule has 0 bridgehead atoms. The Morgan fingerprint density at radius 1 is 1.18 bits per heavy atom. The molecule has 17 heavy (non-hydrogen) atoms. The van der Waals surface area contributed by atoms with Crippen molar-refractivity contribution in [2.45, 2.75) is 13.3 Å². The summed E-state index contributed by atoms with van der Waals surface area (Å²) in [6, 6.07) is 7.58. The molecule has 0 fully saturated rings. The molecule has 2 rings (SSSR count). The normalized spacial score (nSPS) is 10.2. The van der Waals surface area contributed by atoms with Gasteiger partial charge in [0, 0.05) is 18.0 Å². The molecule has 0 spiro atoms. The smallest absolute Gasteiger partial charge is 0.222 e. The first kappa shape index (κ1) is 11.5. The lowest BCUT2D eigenvalue weighted by atomic mass is 10.2. The second kappa shape index (κ2) is 5.41. The molecule has 0 radical (unpaired) electrons. The summed E-state index contributed by atoms with van der Waals surface area (Å²) in [5, 5.41) is 0. The first-order valence-corrected chi connectivity index (χ1v) is 5.54. The molecular formula is C13H15N3O. The van der Waals surface area contributed by atoms with Gasteiger partial charge in [-0.25, -0.2) is 4.98 Å². The molecule has 0 amide bonds. The average Bonchev–Trinajstić information content (AvgIpc) is 2.35. The molecule has 88 valence electrons. The number of hydrogen-bond acceptors (Lipinski definition) is 4. The second-order valence-electron chi connectivity index (χ2n) is 3.70. The third-order valence-corrected chi connectivity index (χ3v) is 2.43. The molecule has 0 aliphatic carbocycles. The van der Waals surface area contributed by atoms with Crippen LogP contribution in [-0.2, 0) is 6.42 Å². The molecule has 2 N–H and O–H groups in total. The molecule has 2 aromatic rings. The maximum atomic E-state index is 5.76. The van der Waals surface area contributed by atoms with E-state index in [1.807, 2.05) is 31.2 Å². The van der Waals surface area contributed by atoms with Gasteiger partial charge in [0.05, 0.1) is 5.69 Å². The van der Waals surface area contributed by atoms with Crippen LogP contribution in [0.25, 0.3) is 0 Å². The zero-order valence-electron chi connectivity index (χ0n) is 9.76. The van der Waals surface area contributed by atoms with Crippen LogP contribution in [0.5, 0.6) is 11.6 Å². The van der Waals surface area contributed by atoms with Gasteiger partial charge >= 0.3 is 0 Å². The summed E-state index contributed by atoms with van der Waals surface area (Å²) in [4.78, 5) is 8.40. The molecule has 0 aliphatic heterocycles. The van der Waals surface area contributed by atoms with E-state index in [9.17, 15) is 0 Å². The van der Waals surface area contributed by atoms with Crippen LogP contribution in [0.4, 0.5) is 0 Å². The fourth-order valence-corrected chi connectivity index (χ4v) is 1.54. The van der Waals surface area contributed by atoms with E-state index in [1.54, 1.807) is 12.4 Å². The Bertz CT molecular complexity index is 500. The topological polar surface area (TPSA) is 61.0 Å². The van der Waals surface area contributed by atoms with Gasteiger partial charge in [-0.3, -0.25) is 4.98 Å². The van der Waals surface area contributed by atoms with Crippen LogP contribution in [0.1, 0.15) is 11.3 Å². The maximum absolute atomic E-state index is 5.76. The lowest BCUT2D eigenvalue weighted by Crippen LogP contribution is -2.05. The van der Waals surface area contributed by atoms with Crippen molar-refractivity contribution < 1.29 is 4.74 Å². The minimum atomic E-state index is 0.577. The van der Waals surface area contributed by atoms with E-state index in [1.165, 1.54) is 0 Å². The highest BCUT2D eigenvalue weighted by molar-refractivity contribution is 5.34. The third-order valence-electron chi connectivity index (χ3n) is 2.43. The molecule has 4 heteroatoms. The molecule has 0 unspecified atom stereocenters. The maximum Gasteiger partial charge on any atom is 0.222 e. The van der Waals surface area contributed by atoms with Gasteiger partial charge in [-0.05, 0) is 38.1 Å². The quantitative estimate of drug-likeness (QED) is 0.872. The molecule has 4 nitrogen and oxygen atoms in total. The summed E-state index contributed by atoms with van der Waals surface area (Å²) >= 11 is 0. The van der Waals surface area contributed by atoms with Gasteiger partial charge in [0.15, 0.2) is 5.75 Å². The van der Waals surface area contributed by atoms with Crippen molar-refractivity contribution in [3.05, 3.63) is 47.9 Å². The third kappa shape index (κ3) is 2.79. The summed E-state index contributed by atoms with van der Waals surface area (Å²) in [6.45, 7) is 2.48. The summed E-state index contributed by atoms with van der Waals surface area (Å²) in [6.07, 6.45) is 4.20. The second-order valence-corrected chi connectivity index (χ2v) is 3.70. The Kier molecular flexibility index (Phi) is 3.67. The van der Waals surface area contributed by atoms with E-state index >= 15 is 0 Å². The Balaban J connectivity index is 2.27. The minimum Gasteiger partial charge on any atom is -0.437 e. The van der Waals surface area contributed by atoms with Crippen molar-refractivity contribution in [1.29, 1.82) is 0 Å². The van der Waals surface area contributed by atoms with Gasteiger partial charge in [0.25, 0.3) is 0 Å². The molecule has 2 aromatic heterocycles. The van der Waals surface area contributed by atoms with Crippen LogP contribution in [0, 0.1) is 6.92 Å². The highest BCUT2D eigenvalue weighted by atomic mass is 16.5. The monoisotopic (exact) mass is 229 g/mol. The van der Waals surface area contributed by atoms with Crippen molar-refractivity contribution in [1.82, 2.24) is 9.97 Å². The molecule has 2 heterocycles. The molecule has 0 atom stereocenters. The Morgan fingerprint density at radius 2 is 1.94 bits per heavy atom. The largest absolute Gasteiger partial charge is 0.437 e. The summed E-state index contributed by atoms with van der Waals surface area (Å²) in [7, 11) is 0. The fourth-order valence-electron chi connectivity index (χ4n) is 1.54. The van der Waals surface area contributed by atoms with Crippen molar-refractivity contribution in [2.75, 3.05) is 6.54 Å². The predicted octanol–water partition coefficient (Wildman–Crippen LogP) is 2.08. The first-order valence-electron chi connectivity index (χ1n) is 5.54. The number of nitrogens with two attached hydrogens (primary N) is 1. The van der Waals surface area contributed by atoms with Crippen LogP contribution in [0.2, 0.25) is 0 Å². The van der Waals surface area contributed by atoms with Crippen LogP contribution in [-0.4, -0.2) is 16.5 Å². The molecule has 0 saturated heterocycles. The Labute approximate surface area is 100 Å². The van der Waals surface area contributed by atoms with Crippen molar-refractivity contribution >= 4 is 0 Å². The highest BCUT2D eigenvalue weighted by Crippen LogP contribution is 2.24. The van der Waals surface area contributed by atoms with Gasteiger partial charge in [-0.1, -0.05) is 6.07 Å². The standard InChI is InChI=1S/C13H15N3O/c1-10-12(5-3-8-15-10)17-13-11(6-7-14)4-2-9-16-13/h2-5,8-9H,6-7,14H2,1H3. The Hall–Kier alpha value is -1.94. The number of hydrogen-bond donors (Lipinski definition) is 1. The molecule has 0 saturated carbocycles. The van der Waals surface area contributed by atoms with Gasteiger partial charge < -0.3 is 10.5 Å². The van der Waals surface area contributed by atoms with E-state index in [0.29, 0.717) is 12.4 Å². The van der Waals surface area contributed by atoms with Crippen LogP contribution < -0.4 is 10.5 Å². The number of nitrogens with zero attached hydrogens (tertiary/aromatic N) is 2. The number of aryl methyl sites for hydroxylation is 1. The van der Waals surface area contributed by atoms with E-state index < -0.39 is 0 Å². The lowest BCUT2D eigenvalue weighted by molar-refractivity contribution is 0.450. The van der Waals surface area contributed by atoms with Crippen LogP contribution in [0.3, 0.4) is 0 Å². The van der Waals surface area contributed by atoms with Crippen molar-refractivity contribution in [3.63, 3.8) is 0 Å². The highest BCUT2D eigenvalue weighted by Gasteiger charge is 2.07. The SMILES string of the molecule is Cc1ncccc1Oc1ncccc1CCN. The van der Waals surface area contributed by atoms with Crippen molar-refractivity contribution in [2.24, 2.45) is 5.73 Å². The van der Waals surface area contributed by atoms with E-state index in [2.05, 4.69) is 9.97 Å². The van der Waals surface area contributed by atoms with E-state index in [0.717, 1.165) is 23.4 Å². The van der Waals surface area contributed by atoms with E-state index in [4.69, 9.17) is 10.5 Å². The van der Waals surface area contributed by atoms with Gasteiger partial charge in [-0.15, -0.1) is 0 Å². The summed E-state index contributed by atoms with van der Waals surface area (Å²) in [5.41, 5.74) is 7.41. The van der Waals surface area contributed by atoms with Crippen molar-refractivity contribution in [3.8, 4) is 11.6 Å². The molecular weight excluding hydrogens is 214 g/mol. The summed E-state index contributed by atoms with van der Waals surface area (Å²) in [5.74, 6) is 1.33. The predicted molar refractivity (Wildman–Crippen MR) is 66.0 cm³/mol. The fraction of sp³-hybridized carbons (Fsp3) is 0.231. The summed E-state index contributed by atoms with van der Waals surface area (Å²) < 4.78 is 5.76. The molecule has 0 aliphatic rings. The van der Waals surface area contributed by atoms with Gasteiger partial charge in [0.1, 0.15) is 0 Å². The molecule has 0 aromatic carbocycles. The number of pyridine rings is 2. The number of rotatable bonds is 4. The number of ether oxygens (including phenoxy) is 1. The zero-order valence-corrected chi connectivity index (χ0v) is 9.76. The Morgan fingerprint density at radius 3 is 2.71 bits per heavy atom. The minimum absolute atomic E-state index is 0.577. The average molecular weight is 229 g/mol. The first-order chi connectivity index (χ1) is 8.31. The zero-order chi connectivity index (χ0) is 12.1. The van der Waals surface area contributed by atoms with Gasteiger partial charge in [-0.2, -0.15) is 0 Å². The van der Waals surface area contributed by atoms with E-state index in [-0.39, 0.29) is 0 Å². The van der Waals surface area contributed by atoms with Crippen LogP contribution in [0.15, 0.2) is 36.7 Å². The van der Waals surface area contributed by atoms with Gasteiger partial charge in [0.2, 0.25) is 5.88 Å². The number of aromatic nitrogens is 2. The lowest BCUT2D eigenvalue weighted by Gasteiger charge is -2.10. The van der Waals surface area contributed by atoms with Crippen LogP contribution >= 0.6 is 0 Å².